The summed E-state index contributed by atoms with van der Waals surface area (Å²) in [5.41, 5.74) is 9.31. The maximum Gasteiger partial charge on any atom is 0.0393 e. The Labute approximate surface area is 114 Å². The first-order chi connectivity index (χ1) is 9.31. The summed E-state index contributed by atoms with van der Waals surface area (Å²) in [6, 6.07) is 12.7. The van der Waals surface area contributed by atoms with Crippen molar-refractivity contribution in [2.24, 2.45) is 0 Å². The van der Waals surface area contributed by atoms with Gasteiger partial charge in [-0.05, 0) is 31.0 Å². The van der Waals surface area contributed by atoms with E-state index in [9.17, 15) is 0 Å². The number of nitrogen functional groups attached to an aromatic ring is 1. The number of nitrogens with one attached hydrogen (secondary N) is 1. The van der Waals surface area contributed by atoms with Crippen LogP contribution in [-0.4, -0.2) is 11.5 Å². The average molecular weight is 255 g/mol. The molecule has 0 aliphatic carbocycles. The van der Waals surface area contributed by atoms with E-state index in [1.165, 1.54) is 5.56 Å². The standard InChI is InChI=1S/C16H21N3/c1-2-19-16(14-12-18-11-10-15(14)17)9-8-13-6-4-3-5-7-13/h3-7,10-12,16,19H,2,8-9H2,1H3,(H2,17,18). The molecule has 1 heterocycles. The fourth-order valence-corrected chi connectivity index (χ4v) is 2.28. The number of aromatic nitrogens is 1. The van der Waals surface area contributed by atoms with Crippen molar-refractivity contribution < 1.29 is 0 Å². The molecule has 0 saturated carbocycles. The van der Waals surface area contributed by atoms with E-state index in [-0.39, 0.29) is 6.04 Å². The fourth-order valence-electron chi connectivity index (χ4n) is 2.28. The molecular formula is C16H21N3. The van der Waals surface area contributed by atoms with Gasteiger partial charge in [0.05, 0.1) is 0 Å². The lowest BCUT2D eigenvalue weighted by atomic mass is 9.99. The maximum absolute atomic E-state index is 6.04. The Hall–Kier alpha value is -1.87. The molecule has 0 radical (unpaired) electrons. The van der Waals surface area contributed by atoms with Crippen LogP contribution in [0.1, 0.15) is 30.5 Å². The Kier molecular flexibility index (Phi) is 4.93. The number of benzene rings is 1. The molecule has 0 bridgehead atoms. The third-order valence-corrected chi connectivity index (χ3v) is 3.28. The molecule has 2 rings (SSSR count). The largest absolute Gasteiger partial charge is 0.398 e. The molecule has 0 aliphatic heterocycles. The molecule has 1 unspecified atom stereocenters. The van der Waals surface area contributed by atoms with Crippen LogP contribution in [0.3, 0.4) is 0 Å². The molecule has 0 amide bonds. The Bertz CT molecular complexity index is 496. The summed E-state index contributed by atoms with van der Waals surface area (Å²) in [4.78, 5) is 4.18. The first-order valence-corrected chi connectivity index (χ1v) is 6.78. The number of nitrogens with two attached hydrogens (primary N) is 1. The zero-order valence-electron chi connectivity index (χ0n) is 11.3. The van der Waals surface area contributed by atoms with Gasteiger partial charge in [-0.15, -0.1) is 0 Å². The second-order valence-electron chi connectivity index (χ2n) is 4.64. The van der Waals surface area contributed by atoms with Gasteiger partial charge >= 0.3 is 0 Å². The lowest BCUT2D eigenvalue weighted by Crippen LogP contribution is -2.22. The zero-order chi connectivity index (χ0) is 13.5. The fraction of sp³-hybridized carbons (Fsp3) is 0.312. The van der Waals surface area contributed by atoms with E-state index in [2.05, 4.69) is 41.5 Å². The van der Waals surface area contributed by atoms with Gasteiger partial charge in [-0.2, -0.15) is 0 Å². The van der Waals surface area contributed by atoms with Crippen molar-refractivity contribution >= 4 is 5.69 Å². The summed E-state index contributed by atoms with van der Waals surface area (Å²) in [7, 11) is 0. The minimum Gasteiger partial charge on any atom is -0.398 e. The number of pyridine rings is 1. The van der Waals surface area contributed by atoms with Gasteiger partial charge in [-0.1, -0.05) is 37.3 Å². The molecule has 1 atom stereocenters. The molecule has 2 aromatic rings. The Morgan fingerprint density at radius 1 is 1.21 bits per heavy atom. The topological polar surface area (TPSA) is 50.9 Å². The van der Waals surface area contributed by atoms with Crippen LogP contribution in [0.15, 0.2) is 48.8 Å². The molecule has 3 nitrogen and oxygen atoms in total. The van der Waals surface area contributed by atoms with Crippen molar-refractivity contribution in [3.8, 4) is 0 Å². The Balaban J connectivity index is 2.07. The number of rotatable bonds is 6. The van der Waals surface area contributed by atoms with Gasteiger partial charge in [0.25, 0.3) is 0 Å². The summed E-state index contributed by atoms with van der Waals surface area (Å²) in [6.45, 7) is 3.04. The summed E-state index contributed by atoms with van der Waals surface area (Å²) < 4.78 is 0. The third-order valence-electron chi connectivity index (χ3n) is 3.28. The van der Waals surface area contributed by atoms with Crippen LogP contribution < -0.4 is 11.1 Å². The van der Waals surface area contributed by atoms with Gasteiger partial charge in [0, 0.05) is 29.7 Å². The molecule has 0 aliphatic rings. The van der Waals surface area contributed by atoms with Gasteiger partial charge in [0.15, 0.2) is 0 Å². The number of aryl methyl sites for hydroxylation is 1. The predicted molar refractivity (Wildman–Crippen MR) is 79.8 cm³/mol. The SMILES string of the molecule is CCNC(CCc1ccccc1)c1cnccc1N. The van der Waals surface area contributed by atoms with Crippen LogP contribution in [0.4, 0.5) is 5.69 Å². The van der Waals surface area contributed by atoms with Crippen LogP contribution >= 0.6 is 0 Å². The highest BCUT2D eigenvalue weighted by molar-refractivity contribution is 5.46. The third kappa shape index (κ3) is 3.80. The predicted octanol–water partition coefficient (Wildman–Crippen LogP) is 2.95. The van der Waals surface area contributed by atoms with Crippen molar-refractivity contribution in [2.45, 2.75) is 25.8 Å². The highest BCUT2D eigenvalue weighted by Gasteiger charge is 2.13. The summed E-state index contributed by atoms with van der Waals surface area (Å²) in [5, 5.41) is 3.49. The van der Waals surface area contributed by atoms with E-state index >= 15 is 0 Å². The van der Waals surface area contributed by atoms with Crippen LogP contribution in [0.5, 0.6) is 0 Å². The number of hydrogen-bond acceptors (Lipinski definition) is 3. The van der Waals surface area contributed by atoms with Crippen LogP contribution in [0, 0.1) is 0 Å². The molecule has 1 aromatic carbocycles. The van der Waals surface area contributed by atoms with E-state index in [0.717, 1.165) is 30.6 Å². The van der Waals surface area contributed by atoms with Crippen LogP contribution in [-0.2, 0) is 6.42 Å². The summed E-state index contributed by atoms with van der Waals surface area (Å²) in [6.07, 6.45) is 5.66. The first-order valence-electron chi connectivity index (χ1n) is 6.78. The lowest BCUT2D eigenvalue weighted by Gasteiger charge is -2.19. The minimum atomic E-state index is 0.263. The summed E-state index contributed by atoms with van der Waals surface area (Å²) in [5.74, 6) is 0. The number of anilines is 1. The van der Waals surface area contributed by atoms with Crippen molar-refractivity contribution in [3.63, 3.8) is 0 Å². The number of nitrogens with zero attached hydrogens (tertiary/aromatic N) is 1. The second kappa shape index (κ2) is 6.90. The van der Waals surface area contributed by atoms with Crippen LogP contribution in [0.25, 0.3) is 0 Å². The first kappa shape index (κ1) is 13.6. The monoisotopic (exact) mass is 255 g/mol. The molecule has 3 heteroatoms. The molecule has 100 valence electrons. The minimum absolute atomic E-state index is 0.263. The van der Waals surface area contributed by atoms with Gasteiger partial charge in [0.2, 0.25) is 0 Å². The molecular weight excluding hydrogens is 234 g/mol. The van der Waals surface area contributed by atoms with Crippen molar-refractivity contribution in [2.75, 3.05) is 12.3 Å². The van der Waals surface area contributed by atoms with Crippen molar-refractivity contribution in [3.05, 3.63) is 59.9 Å². The van der Waals surface area contributed by atoms with Crippen molar-refractivity contribution in [1.82, 2.24) is 10.3 Å². The quantitative estimate of drug-likeness (QED) is 0.834. The van der Waals surface area contributed by atoms with Gasteiger partial charge < -0.3 is 11.1 Å². The molecule has 0 fully saturated rings. The Morgan fingerprint density at radius 2 is 2.00 bits per heavy atom. The lowest BCUT2D eigenvalue weighted by molar-refractivity contribution is 0.515. The highest BCUT2D eigenvalue weighted by Crippen LogP contribution is 2.23. The van der Waals surface area contributed by atoms with Crippen molar-refractivity contribution in [1.29, 1.82) is 0 Å². The molecule has 0 spiro atoms. The highest BCUT2D eigenvalue weighted by atomic mass is 14.9. The van der Waals surface area contributed by atoms with E-state index in [1.807, 2.05) is 18.3 Å². The second-order valence-corrected chi connectivity index (χ2v) is 4.64. The molecule has 1 aromatic heterocycles. The van der Waals surface area contributed by atoms with Crippen LogP contribution in [0.2, 0.25) is 0 Å². The molecule has 19 heavy (non-hydrogen) atoms. The van der Waals surface area contributed by atoms with Gasteiger partial charge in [-0.3, -0.25) is 4.98 Å². The average Bonchev–Trinajstić information content (AvgIpc) is 2.45. The van der Waals surface area contributed by atoms with Gasteiger partial charge in [-0.25, -0.2) is 0 Å². The number of hydrogen-bond donors (Lipinski definition) is 2. The molecule has 0 saturated heterocycles. The summed E-state index contributed by atoms with van der Waals surface area (Å²) >= 11 is 0. The molecule has 3 N–H and O–H groups in total. The van der Waals surface area contributed by atoms with E-state index in [4.69, 9.17) is 5.73 Å². The maximum atomic E-state index is 6.04. The zero-order valence-corrected chi connectivity index (χ0v) is 11.3. The van der Waals surface area contributed by atoms with E-state index < -0.39 is 0 Å². The van der Waals surface area contributed by atoms with Gasteiger partial charge in [0.1, 0.15) is 0 Å². The van der Waals surface area contributed by atoms with E-state index in [1.54, 1.807) is 6.20 Å². The Morgan fingerprint density at radius 3 is 2.68 bits per heavy atom. The smallest absolute Gasteiger partial charge is 0.0393 e. The van der Waals surface area contributed by atoms with E-state index in [0.29, 0.717) is 0 Å². The normalized spacial score (nSPS) is 12.3.